The first-order valence-electron chi connectivity index (χ1n) is 6.64. The lowest BCUT2D eigenvalue weighted by atomic mass is 9.95. The predicted molar refractivity (Wildman–Crippen MR) is 72.1 cm³/mol. The van der Waals surface area contributed by atoms with Crippen molar-refractivity contribution < 1.29 is 0 Å². The molecule has 5 heteroatoms. The van der Waals surface area contributed by atoms with Crippen LogP contribution >= 0.6 is 0 Å². The molecule has 2 unspecified atom stereocenters. The van der Waals surface area contributed by atoms with Crippen LogP contribution in [0.25, 0.3) is 0 Å². The largest absolute Gasteiger partial charge is 0.398 e. The van der Waals surface area contributed by atoms with Crippen molar-refractivity contribution in [3.63, 3.8) is 0 Å². The fourth-order valence-corrected chi connectivity index (χ4v) is 3.06. The molecule has 4 rings (SSSR count). The van der Waals surface area contributed by atoms with Gasteiger partial charge >= 0.3 is 0 Å². The lowest BCUT2D eigenvalue weighted by Gasteiger charge is -2.49. The molecule has 3 fully saturated rings. The second-order valence-electron chi connectivity index (χ2n) is 5.35. The average molecular weight is 247 g/mol. The number of piperazine rings is 3. The van der Waals surface area contributed by atoms with Gasteiger partial charge in [-0.25, -0.2) is 0 Å². The minimum atomic E-state index is 0.139. The van der Waals surface area contributed by atoms with E-state index in [1.54, 1.807) is 6.20 Å². The smallest absolute Gasteiger partial charge is 0.0378 e. The highest BCUT2D eigenvalue weighted by molar-refractivity contribution is 5.44. The lowest BCUT2D eigenvalue weighted by Crippen LogP contribution is -2.66. The molecular formula is C13H21N5. The normalized spacial score (nSPS) is 32.4. The molecule has 1 aromatic rings. The Morgan fingerprint density at radius 3 is 2.72 bits per heavy atom. The van der Waals surface area contributed by atoms with Crippen LogP contribution in [0.4, 0.5) is 5.69 Å². The van der Waals surface area contributed by atoms with Gasteiger partial charge in [0.1, 0.15) is 0 Å². The molecule has 0 amide bonds. The van der Waals surface area contributed by atoms with Crippen molar-refractivity contribution >= 4 is 5.69 Å². The van der Waals surface area contributed by atoms with Gasteiger partial charge in [0.25, 0.3) is 0 Å². The van der Waals surface area contributed by atoms with Crippen molar-refractivity contribution in [1.82, 2.24) is 14.8 Å². The molecule has 3 aliphatic heterocycles. The second kappa shape index (κ2) is 4.84. The number of anilines is 1. The van der Waals surface area contributed by atoms with Gasteiger partial charge in [-0.3, -0.25) is 14.8 Å². The number of nitrogens with zero attached hydrogens (tertiary/aromatic N) is 3. The summed E-state index contributed by atoms with van der Waals surface area (Å²) in [7, 11) is 0. The van der Waals surface area contributed by atoms with Crippen molar-refractivity contribution in [2.24, 2.45) is 5.73 Å². The quantitative estimate of drug-likeness (QED) is 0.756. The van der Waals surface area contributed by atoms with Crippen molar-refractivity contribution in [3.05, 3.63) is 24.0 Å². The number of rotatable bonds is 3. The molecule has 0 aromatic carbocycles. The number of nitrogens with two attached hydrogens (primary N) is 2. The molecule has 0 aliphatic carbocycles. The molecule has 2 atom stereocenters. The SMILES string of the molecule is Nc1ccncc1CC(N)C1CN2CCN1CC2. The lowest BCUT2D eigenvalue weighted by molar-refractivity contribution is 0.00260. The molecule has 2 bridgehead atoms. The molecule has 18 heavy (non-hydrogen) atoms. The summed E-state index contributed by atoms with van der Waals surface area (Å²) >= 11 is 0. The molecule has 0 radical (unpaired) electrons. The van der Waals surface area contributed by atoms with Crippen molar-refractivity contribution in [3.8, 4) is 0 Å². The van der Waals surface area contributed by atoms with Crippen molar-refractivity contribution in [2.45, 2.75) is 18.5 Å². The van der Waals surface area contributed by atoms with E-state index in [-0.39, 0.29) is 6.04 Å². The number of nitrogen functional groups attached to an aromatic ring is 1. The molecule has 4 heterocycles. The standard InChI is InChI=1S/C13H21N5/c14-11-1-2-16-8-10(11)7-12(15)13-9-17-3-5-18(13)6-4-17/h1-2,8,12-13H,3-7,9,15H2,(H2,14,16). The zero-order valence-electron chi connectivity index (χ0n) is 10.6. The number of fused-ring (bicyclic) bond motifs is 3. The van der Waals surface area contributed by atoms with E-state index in [0.29, 0.717) is 6.04 Å². The van der Waals surface area contributed by atoms with Gasteiger partial charge in [0.15, 0.2) is 0 Å². The molecular weight excluding hydrogens is 226 g/mol. The number of aromatic nitrogens is 1. The van der Waals surface area contributed by atoms with E-state index in [1.165, 1.54) is 13.1 Å². The first kappa shape index (κ1) is 11.9. The minimum absolute atomic E-state index is 0.139. The number of hydrogen-bond acceptors (Lipinski definition) is 5. The second-order valence-corrected chi connectivity index (χ2v) is 5.35. The molecule has 5 nitrogen and oxygen atoms in total. The maximum absolute atomic E-state index is 6.38. The molecule has 4 N–H and O–H groups in total. The van der Waals surface area contributed by atoms with Crippen LogP contribution in [-0.2, 0) is 6.42 Å². The Hall–Kier alpha value is -1.17. The summed E-state index contributed by atoms with van der Waals surface area (Å²) in [6.45, 7) is 5.79. The first-order valence-corrected chi connectivity index (χ1v) is 6.64. The van der Waals surface area contributed by atoms with Crippen LogP contribution in [0.1, 0.15) is 5.56 Å². The fraction of sp³-hybridized carbons (Fsp3) is 0.615. The van der Waals surface area contributed by atoms with Gasteiger partial charge in [0.2, 0.25) is 0 Å². The van der Waals surface area contributed by atoms with E-state index in [0.717, 1.165) is 37.3 Å². The van der Waals surface area contributed by atoms with Gasteiger partial charge in [0, 0.05) is 62.9 Å². The van der Waals surface area contributed by atoms with Crippen LogP contribution in [-0.4, -0.2) is 59.6 Å². The molecule has 0 spiro atoms. The minimum Gasteiger partial charge on any atom is -0.398 e. The molecule has 1 aromatic heterocycles. The topological polar surface area (TPSA) is 71.4 Å². The highest BCUT2D eigenvalue weighted by atomic mass is 15.3. The van der Waals surface area contributed by atoms with Gasteiger partial charge in [0.05, 0.1) is 0 Å². The van der Waals surface area contributed by atoms with Crippen LogP contribution in [0.2, 0.25) is 0 Å². The molecule has 98 valence electrons. The predicted octanol–water partition coefficient (Wildman–Crippen LogP) is -0.467. The van der Waals surface area contributed by atoms with E-state index in [9.17, 15) is 0 Å². The summed E-state index contributed by atoms with van der Waals surface area (Å²) in [5.41, 5.74) is 14.2. The van der Waals surface area contributed by atoms with Gasteiger partial charge in [-0.2, -0.15) is 0 Å². The summed E-state index contributed by atoms with van der Waals surface area (Å²) in [6.07, 6.45) is 4.38. The van der Waals surface area contributed by atoms with E-state index in [1.807, 2.05) is 12.3 Å². The van der Waals surface area contributed by atoms with Crippen molar-refractivity contribution in [1.29, 1.82) is 0 Å². The summed E-state index contributed by atoms with van der Waals surface area (Å²) in [4.78, 5) is 9.17. The Labute approximate surface area is 108 Å². The first-order chi connectivity index (χ1) is 8.74. The maximum Gasteiger partial charge on any atom is 0.0378 e. The zero-order chi connectivity index (χ0) is 12.5. The van der Waals surface area contributed by atoms with E-state index < -0.39 is 0 Å². The summed E-state index contributed by atoms with van der Waals surface area (Å²) < 4.78 is 0. The van der Waals surface area contributed by atoms with Crippen LogP contribution in [0.5, 0.6) is 0 Å². The Morgan fingerprint density at radius 2 is 2.11 bits per heavy atom. The monoisotopic (exact) mass is 247 g/mol. The zero-order valence-corrected chi connectivity index (χ0v) is 10.6. The van der Waals surface area contributed by atoms with Crippen LogP contribution < -0.4 is 11.5 Å². The fourth-order valence-electron chi connectivity index (χ4n) is 3.06. The number of pyridine rings is 1. The maximum atomic E-state index is 6.38. The molecule has 3 saturated heterocycles. The average Bonchev–Trinajstić information content (AvgIpc) is 2.42. The Kier molecular flexibility index (Phi) is 3.20. The molecule has 3 aliphatic rings. The number of hydrogen-bond donors (Lipinski definition) is 2. The Balaban J connectivity index is 1.68. The summed E-state index contributed by atoms with van der Waals surface area (Å²) in [6, 6.07) is 2.45. The van der Waals surface area contributed by atoms with E-state index in [4.69, 9.17) is 11.5 Å². The highest BCUT2D eigenvalue weighted by Crippen LogP contribution is 2.20. The van der Waals surface area contributed by atoms with E-state index in [2.05, 4.69) is 14.8 Å². The summed E-state index contributed by atoms with van der Waals surface area (Å²) in [5.74, 6) is 0. The van der Waals surface area contributed by atoms with E-state index >= 15 is 0 Å². The Morgan fingerprint density at radius 1 is 1.33 bits per heavy atom. The van der Waals surface area contributed by atoms with Gasteiger partial charge in [-0.15, -0.1) is 0 Å². The van der Waals surface area contributed by atoms with Crippen LogP contribution in [0.3, 0.4) is 0 Å². The van der Waals surface area contributed by atoms with Crippen LogP contribution in [0, 0.1) is 0 Å². The van der Waals surface area contributed by atoms with Gasteiger partial charge in [-0.1, -0.05) is 0 Å². The third kappa shape index (κ3) is 2.21. The van der Waals surface area contributed by atoms with Crippen LogP contribution in [0.15, 0.2) is 18.5 Å². The van der Waals surface area contributed by atoms with Gasteiger partial charge in [-0.05, 0) is 18.1 Å². The van der Waals surface area contributed by atoms with Gasteiger partial charge < -0.3 is 11.5 Å². The summed E-state index contributed by atoms with van der Waals surface area (Å²) in [5, 5.41) is 0. The molecule has 0 saturated carbocycles. The Bertz CT molecular complexity index is 414. The third-order valence-electron chi connectivity index (χ3n) is 4.21. The third-order valence-corrected chi connectivity index (χ3v) is 4.21. The van der Waals surface area contributed by atoms with Crippen molar-refractivity contribution in [2.75, 3.05) is 38.5 Å². The highest BCUT2D eigenvalue weighted by Gasteiger charge is 2.35.